The molecule has 2 heterocycles. The Balaban J connectivity index is 1.95. The van der Waals surface area contributed by atoms with Crippen LogP contribution >= 0.6 is 21.0 Å². The van der Waals surface area contributed by atoms with Gasteiger partial charge in [-0.1, -0.05) is 35.9 Å². The summed E-state index contributed by atoms with van der Waals surface area (Å²) in [5.41, 5.74) is 8.56. The molecule has 0 unspecified atom stereocenters. The van der Waals surface area contributed by atoms with E-state index in [1.54, 1.807) is 13.0 Å². The van der Waals surface area contributed by atoms with Gasteiger partial charge in [-0.3, -0.25) is 0 Å². The lowest BCUT2D eigenvalue weighted by atomic mass is 10.1. The van der Waals surface area contributed by atoms with Crippen molar-refractivity contribution in [2.24, 2.45) is 0 Å². The minimum absolute atomic E-state index is 0.0527. The Morgan fingerprint density at radius 1 is 1.25 bits per heavy atom. The van der Waals surface area contributed by atoms with Crippen molar-refractivity contribution in [2.45, 2.75) is 20.8 Å². The van der Waals surface area contributed by atoms with Crippen LogP contribution < -0.4 is 14.6 Å². The molecular formula is C20H22IN5O2. The number of aryl methyl sites for hydroxylation is 1. The summed E-state index contributed by atoms with van der Waals surface area (Å²) in [6.07, 6.45) is 5.65. The van der Waals surface area contributed by atoms with Crippen molar-refractivity contribution < 1.29 is 9.53 Å². The highest BCUT2D eigenvalue weighted by molar-refractivity contribution is 14.2. The molecule has 0 saturated heterocycles. The largest absolute Gasteiger partial charge is 0.461 e. The molecule has 4 N–H and O–H groups in total. The Kier molecular flexibility index (Phi) is 6.40. The Morgan fingerprint density at radius 3 is 2.64 bits per heavy atom. The van der Waals surface area contributed by atoms with E-state index in [2.05, 4.69) is 25.7 Å². The third-order valence-corrected chi connectivity index (χ3v) is 5.84. The maximum atomic E-state index is 12.3. The molecule has 2 aromatic rings. The van der Waals surface area contributed by atoms with Gasteiger partial charge in [0.25, 0.3) is 0 Å². The highest BCUT2D eigenvalue weighted by Crippen LogP contribution is 2.24. The SMILES string of the molecule is CCOC(=O)c1nc(/C=C/c2ccc(C)cc2)nc(NC2=CC(C)=IN2)c1N. The molecule has 8 heteroatoms. The van der Waals surface area contributed by atoms with Crippen molar-refractivity contribution in [3.63, 3.8) is 0 Å². The highest BCUT2D eigenvalue weighted by atomic mass is 127. The fraction of sp³-hybridized carbons (Fsp3) is 0.200. The molecule has 0 radical (unpaired) electrons. The summed E-state index contributed by atoms with van der Waals surface area (Å²) in [6, 6.07) is 8.07. The van der Waals surface area contributed by atoms with Gasteiger partial charge in [0.15, 0.2) is 17.3 Å². The van der Waals surface area contributed by atoms with Gasteiger partial charge in [-0.15, -0.1) is 0 Å². The number of esters is 1. The van der Waals surface area contributed by atoms with E-state index >= 15 is 0 Å². The van der Waals surface area contributed by atoms with Crippen molar-refractivity contribution in [1.29, 1.82) is 0 Å². The first-order chi connectivity index (χ1) is 13.5. The predicted octanol–water partition coefficient (Wildman–Crippen LogP) is 3.65. The zero-order chi connectivity index (χ0) is 20.1. The molecular weight excluding hydrogens is 469 g/mol. The summed E-state index contributed by atoms with van der Waals surface area (Å²) in [5.74, 6) is 0.992. The van der Waals surface area contributed by atoms with E-state index in [0.29, 0.717) is 11.6 Å². The fourth-order valence-corrected chi connectivity index (χ4v) is 3.90. The van der Waals surface area contributed by atoms with Gasteiger partial charge in [0.05, 0.1) is 6.61 Å². The molecule has 1 aliphatic rings. The average Bonchev–Trinajstić information content (AvgIpc) is 3.08. The zero-order valence-corrected chi connectivity index (χ0v) is 18.1. The first-order valence-corrected chi connectivity index (χ1v) is 10.9. The predicted molar refractivity (Wildman–Crippen MR) is 122 cm³/mol. The molecule has 1 aliphatic heterocycles. The Hall–Kier alpha value is -2.75. The van der Waals surface area contributed by atoms with Crippen molar-refractivity contribution in [3.05, 3.63) is 58.8 Å². The number of nitrogens with two attached hydrogens (primary N) is 1. The number of anilines is 2. The lowest BCUT2D eigenvalue weighted by Crippen LogP contribution is -2.17. The van der Waals surface area contributed by atoms with E-state index in [1.807, 2.05) is 43.3 Å². The number of carbonyl (C=O) groups excluding carboxylic acids is 1. The Bertz CT molecular complexity index is 981. The quantitative estimate of drug-likeness (QED) is 0.322. The first kappa shape index (κ1) is 20.0. The molecule has 0 bridgehead atoms. The van der Waals surface area contributed by atoms with Gasteiger partial charge in [-0.05, 0) is 38.5 Å². The smallest absolute Gasteiger partial charge is 0.359 e. The summed E-state index contributed by atoms with van der Waals surface area (Å²) >= 11 is -0.222. The van der Waals surface area contributed by atoms with Crippen LogP contribution in [0.5, 0.6) is 0 Å². The standard InChI is InChI=1S/C20H22IN5O2/c1-4-28-20(27)18-17(22)19(25-16-11-13(3)21-26-16)24-15(23-18)10-9-14-7-5-12(2)6-8-14/h5-11,26H,4,22H2,1-3H3,(H,23,24,25)/b10-9+. The van der Waals surface area contributed by atoms with Crippen LogP contribution in [0.1, 0.15) is 41.3 Å². The number of halogens is 1. The second-order valence-corrected chi connectivity index (χ2v) is 8.90. The van der Waals surface area contributed by atoms with Gasteiger partial charge in [0.1, 0.15) is 11.5 Å². The van der Waals surface area contributed by atoms with Crippen molar-refractivity contribution in [1.82, 2.24) is 13.5 Å². The molecule has 3 rings (SSSR count). The Morgan fingerprint density at radius 2 is 2.00 bits per heavy atom. The maximum Gasteiger partial charge on any atom is 0.359 e. The van der Waals surface area contributed by atoms with Crippen LogP contribution in [0.3, 0.4) is 0 Å². The average molecular weight is 491 g/mol. The van der Waals surface area contributed by atoms with Crippen LogP contribution in [-0.4, -0.2) is 26.1 Å². The second-order valence-electron chi connectivity index (χ2n) is 6.12. The normalized spacial score (nSPS) is 13.4. The number of rotatable bonds is 6. The molecule has 1 aromatic carbocycles. The third kappa shape index (κ3) is 4.94. The number of ether oxygens (including phenoxy) is 1. The minimum atomic E-state index is -0.570. The van der Waals surface area contributed by atoms with E-state index in [9.17, 15) is 4.79 Å². The lowest BCUT2D eigenvalue weighted by Gasteiger charge is -2.12. The number of aromatic nitrogens is 2. The summed E-state index contributed by atoms with van der Waals surface area (Å²) in [7, 11) is 0. The van der Waals surface area contributed by atoms with E-state index < -0.39 is 5.97 Å². The van der Waals surface area contributed by atoms with Crippen LogP contribution in [0.25, 0.3) is 12.2 Å². The number of nitrogen functional groups attached to an aromatic ring is 1. The monoisotopic (exact) mass is 491 g/mol. The molecule has 0 spiro atoms. The van der Waals surface area contributed by atoms with Gasteiger partial charge < -0.3 is 19.3 Å². The lowest BCUT2D eigenvalue weighted by molar-refractivity contribution is 0.0520. The van der Waals surface area contributed by atoms with Crippen LogP contribution in [-0.2, 0) is 4.74 Å². The van der Waals surface area contributed by atoms with Crippen LogP contribution in [0, 0.1) is 6.92 Å². The van der Waals surface area contributed by atoms with E-state index in [1.165, 1.54) is 9.07 Å². The van der Waals surface area contributed by atoms with Gasteiger partial charge in [0, 0.05) is 24.5 Å². The topological polar surface area (TPSA) is 102 Å². The number of hydrogen-bond acceptors (Lipinski definition) is 7. The highest BCUT2D eigenvalue weighted by Gasteiger charge is 2.19. The van der Waals surface area contributed by atoms with Gasteiger partial charge >= 0.3 is 5.97 Å². The van der Waals surface area contributed by atoms with E-state index in [-0.39, 0.29) is 39.0 Å². The second kappa shape index (κ2) is 8.96. The number of allylic oxidation sites excluding steroid dienone is 1. The van der Waals surface area contributed by atoms with Crippen LogP contribution in [0.15, 0.2) is 36.2 Å². The maximum absolute atomic E-state index is 12.3. The van der Waals surface area contributed by atoms with Crippen LogP contribution in [0.2, 0.25) is 0 Å². The molecule has 0 aliphatic carbocycles. The van der Waals surface area contributed by atoms with Crippen molar-refractivity contribution in [2.75, 3.05) is 17.7 Å². The summed E-state index contributed by atoms with van der Waals surface area (Å²) in [6.45, 7) is 6.08. The van der Waals surface area contributed by atoms with Gasteiger partial charge in [0.2, 0.25) is 0 Å². The molecule has 0 saturated carbocycles. The summed E-state index contributed by atoms with van der Waals surface area (Å²) in [5, 5.41) is 3.16. The summed E-state index contributed by atoms with van der Waals surface area (Å²) in [4.78, 5) is 21.1. The molecule has 7 nitrogen and oxygen atoms in total. The Labute approximate surface area is 174 Å². The number of hydrogen-bond donors (Lipinski definition) is 3. The van der Waals surface area contributed by atoms with Crippen molar-refractivity contribution in [3.8, 4) is 0 Å². The number of nitrogens with one attached hydrogen (secondary N) is 2. The third-order valence-electron chi connectivity index (χ3n) is 3.83. The number of nitrogens with zero attached hydrogens (tertiary/aromatic N) is 2. The minimum Gasteiger partial charge on any atom is -0.461 e. The number of benzene rings is 1. The number of carbonyl (C=O) groups is 1. The van der Waals surface area contributed by atoms with E-state index in [0.717, 1.165) is 11.4 Å². The fourth-order valence-electron chi connectivity index (χ4n) is 2.43. The molecule has 1 aromatic heterocycles. The van der Waals surface area contributed by atoms with E-state index in [4.69, 9.17) is 10.5 Å². The molecule has 0 amide bonds. The van der Waals surface area contributed by atoms with Gasteiger partial charge in [-0.25, -0.2) is 14.8 Å². The molecule has 146 valence electrons. The van der Waals surface area contributed by atoms with Crippen molar-refractivity contribution >= 4 is 54.1 Å². The molecule has 0 fully saturated rings. The zero-order valence-electron chi connectivity index (χ0n) is 15.9. The van der Waals surface area contributed by atoms with Gasteiger partial charge in [-0.2, -0.15) is 0 Å². The first-order valence-electron chi connectivity index (χ1n) is 8.77. The van der Waals surface area contributed by atoms with Crippen LogP contribution in [0.4, 0.5) is 11.5 Å². The molecule has 0 atom stereocenters. The summed E-state index contributed by atoms with van der Waals surface area (Å²) < 4.78 is 9.69. The molecule has 28 heavy (non-hydrogen) atoms.